The molecule has 3 aromatic carbocycles. The molecule has 7 heteroatoms. The number of esters is 1. The van der Waals surface area contributed by atoms with Gasteiger partial charge in [0.15, 0.2) is 0 Å². The average molecular weight is 350 g/mol. The van der Waals surface area contributed by atoms with E-state index in [1.165, 1.54) is 0 Å². The molecule has 0 saturated carbocycles. The second-order valence-electron chi connectivity index (χ2n) is 5.05. The van der Waals surface area contributed by atoms with E-state index in [9.17, 15) is 13.6 Å². The Labute approximate surface area is 141 Å². The van der Waals surface area contributed by atoms with Crippen LogP contribution in [0.25, 0.3) is 21.5 Å². The van der Waals surface area contributed by atoms with Crippen LogP contribution in [0.4, 0.5) is 8.78 Å². The van der Waals surface area contributed by atoms with Gasteiger partial charge in [-0.25, -0.2) is 4.79 Å². The van der Waals surface area contributed by atoms with Crippen LogP contribution >= 0.6 is 12.9 Å². The fraction of sp³-hybridized carbons (Fsp3) is 0.118. The number of hydrogen-bond donors (Lipinski definition) is 1. The van der Waals surface area contributed by atoms with Crippen molar-refractivity contribution < 1.29 is 27.5 Å². The Bertz CT molecular complexity index is 898. The van der Waals surface area contributed by atoms with Crippen LogP contribution < -0.4 is 0 Å². The van der Waals surface area contributed by atoms with Crippen molar-refractivity contribution in [2.75, 3.05) is 0 Å². The Morgan fingerprint density at radius 1 is 1.00 bits per heavy atom. The summed E-state index contributed by atoms with van der Waals surface area (Å²) in [6, 6.07) is 17.0. The number of rotatable bonds is 5. The third-order valence-electron chi connectivity index (χ3n) is 3.59. The summed E-state index contributed by atoms with van der Waals surface area (Å²) < 4.78 is 34.7. The second-order valence-corrected chi connectivity index (χ2v) is 5.20. The number of thiol groups is 1. The molecule has 0 N–H and O–H groups in total. The SMILES string of the molecule is O=C(OCc1cccc2ccc3ccccc3c12)C(F)(F)OOS. The molecule has 0 aliphatic carbocycles. The topological polar surface area (TPSA) is 44.8 Å². The normalized spacial score (nSPS) is 11.8. The molecule has 4 nitrogen and oxygen atoms in total. The molecule has 0 aliphatic heterocycles. The van der Waals surface area contributed by atoms with Crippen molar-refractivity contribution in [2.45, 2.75) is 12.7 Å². The van der Waals surface area contributed by atoms with Crippen LogP contribution in [0, 0.1) is 0 Å². The first-order chi connectivity index (χ1) is 11.5. The van der Waals surface area contributed by atoms with E-state index in [4.69, 9.17) is 0 Å². The number of fused-ring (bicyclic) bond motifs is 3. The van der Waals surface area contributed by atoms with Crippen molar-refractivity contribution in [3.05, 3.63) is 60.2 Å². The minimum absolute atomic E-state index is 0.324. The van der Waals surface area contributed by atoms with Gasteiger partial charge in [0, 0.05) is 12.9 Å². The molecule has 0 aromatic heterocycles. The van der Waals surface area contributed by atoms with E-state index in [1.54, 1.807) is 12.1 Å². The minimum atomic E-state index is -4.23. The lowest BCUT2D eigenvalue weighted by molar-refractivity contribution is -0.369. The van der Waals surface area contributed by atoms with Gasteiger partial charge in [-0.2, -0.15) is 13.1 Å². The molecule has 0 heterocycles. The van der Waals surface area contributed by atoms with Gasteiger partial charge in [-0.3, -0.25) is 0 Å². The van der Waals surface area contributed by atoms with Crippen molar-refractivity contribution in [3.63, 3.8) is 0 Å². The molecule has 3 rings (SSSR count). The lowest BCUT2D eigenvalue weighted by Crippen LogP contribution is -2.33. The molecule has 24 heavy (non-hydrogen) atoms. The predicted octanol–water partition coefficient (Wildman–Crippen LogP) is 4.42. The summed E-state index contributed by atoms with van der Waals surface area (Å²) in [6.07, 6.45) is -4.23. The highest BCUT2D eigenvalue weighted by atomic mass is 32.1. The van der Waals surface area contributed by atoms with Crippen LogP contribution in [0.15, 0.2) is 54.6 Å². The molecule has 0 aliphatic rings. The molecular formula is C17H12F2O4S. The summed E-state index contributed by atoms with van der Waals surface area (Å²) >= 11 is 3.03. The number of carbonyl (C=O) groups is 1. The maximum atomic E-state index is 13.2. The summed E-state index contributed by atoms with van der Waals surface area (Å²) in [7, 11) is 0. The van der Waals surface area contributed by atoms with Gasteiger partial charge in [-0.1, -0.05) is 54.6 Å². The van der Waals surface area contributed by atoms with Gasteiger partial charge >= 0.3 is 12.1 Å². The zero-order valence-electron chi connectivity index (χ0n) is 12.2. The quantitative estimate of drug-likeness (QED) is 0.185. The number of alkyl halides is 2. The predicted molar refractivity (Wildman–Crippen MR) is 87.4 cm³/mol. The molecule has 0 fully saturated rings. The minimum Gasteiger partial charge on any atom is -0.454 e. The summed E-state index contributed by atoms with van der Waals surface area (Å²) in [5.41, 5.74) is 0.611. The molecule has 0 amide bonds. The van der Waals surface area contributed by atoms with E-state index in [0.29, 0.717) is 5.56 Å². The van der Waals surface area contributed by atoms with Gasteiger partial charge in [0.2, 0.25) is 0 Å². The Morgan fingerprint density at radius 2 is 1.71 bits per heavy atom. The van der Waals surface area contributed by atoms with Crippen molar-refractivity contribution in [2.24, 2.45) is 0 Å². The fourth-order valence-electron chi connectivity index (χ4n) is 2.57. The van der Waals surface area contributed by atoms with Crippen molar-refractivity contribution in [1.29, 1.82) is 0 Å². The van der Waals surface area contributed by atoms with Crippen LogP contribution in [-0.2, 0) is 25.4 Å². The molecular weight excluding hydrogens is 338 g/mol. The standard InChI is InChI=1S/C17H12F2O4S/c18-17(19,22-23-24)16(20)21-10-13-6-3-5-12-9-8-11-4-1-2-7-14(11)15(12)13/h1-9,24H,10H2. The average Bonchev–Trinajstić information content (AvgIpc) is 2.59. The van der Waals surface area contributed by atoms with E-state index in [0.717, 1.165) is 21.5 Å². The molecule has 0 saturated heterocycles. The molecule has 0 unspecified atom stereocenters. The molecule has 0 spiro atoms. The van der Waals surface area contributed by atoms with Crippen molar-refractivity contribution in [3.8, 4) is 0 Å². The molecule has 0 radical (unpaired) electrons. The summed E-state index contributed by atoms with van der Waals surface area (Å²) in [5, 5.41) is 3.71. The van der Waals surface area contributed by atoms with E-state index in [1.807, 2.05) is 42.5 Å². The number of halogens is 2. The van der Waals surface area contributed by atoms with Crippen LogP contribution in [0.3, 0.4) is 0 Å². The van der Waals surface area contributed by atoms with E-state index < -0.39 is 12.1 Å². The number of carbonyl (C=O) groups excluding carboxylic acids is 1. The van der Waals surface area contributed by atoms with Crippen LogP contribution in [0.5, 0.6) is 0 Å². The highest BCUT2D eigenvalue weighted by Gasteiger charge is 2.44. The Morgan fingerprint density at radius 3 is 2.50 bits per heavy atom. The van der Waals surface area contributed by atoms with Gasteiger partial charge in [0.05, 0.1) is 0 Å². The monoisotopic (exact) mass is 350 g/mol. The van der Waals surface area contributed by atoms with E-state index in [2.05, 4.69) is 26.9 Å². The van der Waals surface area contributed by atoms with Crippen molar-refractivity contribution >= 4 is 40.4 Å². The largest absolute Gasteiger partial charge is 0.483 e. The Kier molecular flexibility index (Phi) is 4.66. The summed E-state index contributed by atoms with van der Waals surface area (Å²) in [5.74, 6) is -1.85. The Balaban J connectivity index is 1.95. The highest BCUT2D eigenvalue weighted by molar-refractivity contribution is 7.74. The first-order valence-electron chi connectivity index (χ1n) is 6.96. The maximum absolute atomic E-state index is 13.2. The maximum Gasteiger partial charge on any atom is 0.483 e. The Hall–Kier alpha value is -2.22. The number of hydrogen-bond acceptors (Lipinski definition) is 5. The second kappa shape index (κ2) is 6.72. The van der Waals surface area contributed by atoms with Gasteiger partial charge in [0.25, 0.3) is 0 Å². The third-order valence-corrected chi connectivity index (χ3v) is 3.67. The fourth-order valence-corrected chi connectivity index (χ4v) is 2.66. The first kappa shape index (κ1) is 16.6. The molecule has 0 atom stereocenters. The van der Waals surface area contributed by atoms with Crippen molar-refractivity contribution in [1.82, 2.24) is 0 Å². The smallest absolute Gasteiger partial charge is 0.454 e. The van der Waals surface area contributed by atoms with Crippen LogP contribution in [0.2, 0.25) is 0 Å². The van der Waals surface area contributed by atoms with E-state index in [-0.39, 0.29) is 6.61 Å². The lowest BCUT2D eigenvalue weighted by Gasteiger charge is -2.14. The zero-order chi connectivity index (χ0) is 17.2. The number of benzene rings is 3. The van der Waals surface area contributed by atoms with Gasteiger partial charge in [-0.05, 0) is 27.1 Å². The van der Waals surface area contributed by atoms with Crippen LogP contribution in [0.1, 0.15) is 5.56 Å². The van der Waals surface area contributed by atoms with Gasteiger partial charge in [-0.15, -0.1) is 4.89 Å². The summed E-state index contributed by atoms with van der Waals surface area (Å²) in [6.45, 7) is -0.324. The highest BCUT2D eigenvalue weighted by Crippen LogP contribution is 2.29. The summed E-state index contributed by atoms with van der Waals surface area (Å²) in [4.78, 5) is 14.9. The van der Waals surface area contributed by atoms with Crippen LogP contribution in [-0.4, -0.2) is 12.1 Å². The third kappa shape index (κ3) is 3.19. The zero-order valence-corrected chi connectivity index (χ0v) is 13.1. The van der Waals surface area contributed by atoms with Gasteiger partial charge < -0.3 is 4.74 Å². The van der Waals surface area contributed by atoms with E-state index >= 15 is 0 Å². The number of ether oxygens (including phenoxy) is 1. The van der Waals surface area contributed by atoms with Gasteiger partial charge in [0.1, 0.15) is 6.61 Å². The molecule has 124 valence electrons. The molecule has 0 bridgehead atoms. The first-order valence-corrected chi connectivity index (χ1v) is 7.33. The molecule has 3 aromatic rings. The lowest BCUT2D eigenvalue weighted by atomic mass is 9.98.